The molecule has 2 atom stereocenters. The number of rotatable bonds is 9. The lowest BCUT2D eigenvalue weighted by Crippen LogP contribution is -2.20. The Labute approximate surface area is 205 Å². The molecule has 2 aromatic heterocycles. The summed E-state index contributed by atoms with van der Waals surface area (Å²) in [5.74, 6) is -0.305. The summed E-state index contributed by atoms with van der Waals surface area (Å²) >= 11 is 0. The number of aromatic nitrogens is 2. The second kappa shape index (κ2) is 10.8. The van der Waals surface area contributed by atoms with Gasteiger partial charge in [0.05, 0.1) is 42.6 Å². The number of ether oxygens (including phenoxy) is 1. The van der Waals surface area contributed by atoms with E-state index < -0.39 is 18.2 Å². The van der Waals surface area contributed by atoms with Gasteiger partial charge in [0.1, 0.15) is 0 Å². The van der Waals surface area contributed by atoms with Crippen LogP contribution in [0, 0.1) is 0 Å². The van der Waals surface area contributed by atoms with Crippen LogP contribution in [0.15, 0.2) is 66.9 Å². The summed E-state index contributed by atoms with van der Waals surface area (Å²) in [5.41, 5.74) is 5.16. The molecule has 4 aromatic rings. The van der Waals surface area contributed by atoms with Gasteiger partial charge in [-0.1, -0.05) is 80.6 Å². The first kappa shape index (κ1) is 24.6. The molecule has 0 spiro atoms. The van der Waals surface area contributed by atoms with E-state index in [-0.39, 0.29) is 25.4 Å². The lowest BCUT2D eigenvalue weighted by atomic mass is 9.95. The quantitative estimate of drug-likeness (QED) is 0.321. The van der Waals surface area contributed by atoms with Gasteiger partial charge >= 0.3 is 5.97 Å². The molecule has 0 aliphatic carbocycles. The molecule has 0 fully saturated rings. The number of hydrogen-bond acceptors (Lipinski definition) is 5. The molecule has 0 bridgehead atoms. The van der Waals surface area contributed by atoms with Crippen molar-refractivity contribution in [2.45, 2.75) is 51.7 Å². The molecule has 2 unspecified atom stereocenters. The first-order valence-corrected chi connectivity index (χ1v) is 12.1. The molecule has 2 aromatic carbocycles. The number of hydrogen-bond donors (Lipinski definition) is 2. The van der Waals surface area contributed by atoms with E-state index in [1.807, 2.05) is 47.1 Å². The van der Waals surface area contributed by atoms with Crippen LogP contribution in [0.1, 0.15) is 50.8 Å². The van der Waals surface area contributed by atoms with Crippen LogP contribution in [-0.4, -0.2) is 44.6 Å². The summed E-state index contributed by atoms with van der Waals surface area (Å²) < 4.78 is 6.90. The Morgan fingerprint density at radius 2 is 1.80 bits per heavy atom. The van der Waals surface area contributed by atoms with Gasteiger partial charge in [0.15, 0.2) is 0 Å². The third kappa shape index (κ3) is 5.29. The highest BCUT2D eigenvalue weighted by Crippen LogP contribution is 2.40. The van der Waals surface area contributed by atoms with Crippen molar-refractivity contribution in [1.29, 1.82) is 0 Å². The Morgan fingerprint density at radius 1 is 1.09 bits per heavy atom. The first-order valence-electron chi connectivity index (χ1n) is 12.1. The van der Waals surface area contributed by atoms with Crippen LogP contribution in [0.5, 0.6) is 0 Å². The maximum atomic E-state index is 11.7. The summed E-state index contributed by atoms with van der Waals surface area (Å²) in [6, 6.07) is 18.4. The highest BCUT2D eigenvalue weighted by atomic mass is 16.5. The molecule has 4 rings (SSSR count). The summed E-state index contributed by atoms with van der Waals surface area (Å²) in [5, 5.41) is 27.8. The Hall–Kier alpha value is -3.48. The second-order valence-electron chi connectivity index (χ2n) is 9.01. The van der Waals surface area contributed by atoms with Crippen molar-refractivity contribution >= 4 is 28.3 Å². The van der Waals surface area contributed by atoms with Gasteiger partial charge in [-0.25, -0.2) is 4.52 Å². The summed E-state index contributed by atoms with van der Waals surface area (Å²) in [4.78, 5) is 11.7. The van der Waals surface area contributed by atoms with E-state index >= 15 is 0 Å². The second-order valence-corrected chi connectivity index (χ2v) is 9.01. The smallest absolute Gasteiger partial charge is 0.308 e. The highest BCUT2D eigenvalue weighted by molar-refractivity contribution is 6.06. The normalized spacial score (nSPS) is 13.7. The molecule has 35 heavy (non-hydrogen) atoms. The van der Waals surface area contributed by atoms with Crippen molar-refractivity contribution in [2.24, 2.45) is 0 Å². The number of esters is 1. The first-order chi connectivity index (χ1) is 16.9. The molecule has 182 valence electrons. The Kier molecular flexibility index (Phi) is 7.63. The zero-order valence-electron chi connectivity index (χ0n) is 20.4. The molecule has 6 heteroatoms. The van der Waals surface area contributed by atoms with E-state index in [2.05, 4.69) is 38.1 Å². The van der Waals surface area contributed by atoms with Crippen molar-refractivity contribution in [3.8, 4) is 11.1 Å². The zero-order valence-corrected chi connectivity index (χ0v) is 20.4. The molecule has 6 nitrogen and oxygen atoms in total. The van der Waals surface area contributed by atoms with E-state index in [0.717, 1.165) is 38.7 Å². The minimum Gasteiger partial charge on any atom is -0.466 e. The largest absolute Gasteiger partial charge is 0.466 e. The van der Waals surface area contributed by atoms with E-state index in [9.17, 15) is 15.0 Å². The Balaban J connectivity index is 1.81. The van der Waals surface area contributed by atoms with Gasteiger partial charge in [-0.05, 0) is 18.4 Å². The monoisotopic (exact) mass is 472 g/mol. The molecule has 0 amide bonds. The van der Waals surface area contributed by atoms with E-state index in [0.29, 0.717) is 0 Å². The SMILES string of the molecule is CCOC(=O)CC(O)CC(O)C=Cc1c(-c2ccccc2)c2c3ccccc3cnn2c1C(C)C. The maximum absolute atomic E-state index is 11.7. The van der Waals surface area contributed by atoms with E-state index in [1.54, 1.807) is 13.0 Å². The maximum Gasteiger partial charge on any atom is 0.308 e. The minimum absolute atomic E-state index is 0.0432. The van der Waals surface area contributed by atoms with Crippen molar-refractivity contribution < 1.29 is 19.7 Å². The zero-order chi connectivity index (χ0) is 24.9. The molecule has 0 aliphatic heterocycles. The van der Waals surface area contributed by atoms with Crippen LogP contribution in [0.4, 0.5) is 0 Å². The average Bonchev–Trinajstić information content (AvgIpc) is 3.18. The minimum atomic E-state index is -0.981. The number of aliphatic hydroxyl groups excluding tert-OH is 2. The van der Waals surface area contributed by atoms with Crippen LogP contribution >= 0.6 is 0 Å². The van der Waals surface area contributed by atoms with Gasteiger partial charge in [0.25, 0.3) is 0 Å². The molecular weight excluding hydrogens is 440 g/mol. The van der Waals surface area contributed by atoms with Crippen LogP contribution < -0.4 is 0 Å². The Morgan fingerprint density at radius 3 is 2.51 bits per heavy atom. The van der Waals surface area contributed by atoms with Gasteiger partial charge in [-0.3, -0.25) is 4.79 Å². The number of fused-ring (bicyclic) bond motifs is 3. The van der Waals surface area contributed by atoms with Crippen LogP contribution in [0.25, 0.3) is 33.5 Å². The lowest BCUT2D eigenvalue weighted by molar-refractivity contribution is -0.145. The number of aliphatic hydroxyl groups is 2. The van der Waals surface area contributed by atoms with Crippen molar-refractivity contribution in [3.05, 3.63) is 78.1 Å². The van der Waals surface area contributed by atoms with Crippen molar-refractivity contribution in [1.82, 2.24) is 9.61 Å². The molecule has 2 heterocycles. The summed E-state index contributed by atoms with van der Waals surface area (Å²) in [7, 11) is 0. The summed E-state index contributed by atoms with van der Waals surface area (Å²) in [6.45, 7) is 6.24. The van der Waals surface area contributed by atoms with Gasteiger partial charge < -0.3 is 14.9 Å². The average molecular weight is 473 g/mol. The van der Waals surface area contributed by atoms with Crippen molar-refractivity contribution in [3.63, 3.8) is 0 Å². The third-order valence-corrected chi connectivity index (χ3v) is 6.07. The standard InChI is InChI=1S/C29H32N2O4/c1-4-35-26(34)17-23(33)16-22(32)14-15-25-27(20-10-6-5-7-11-20)29-24-13-9-8-12-21(24)18-30-31(29)28(25)19(2)3/h5-15,18-19,22-23,32-33H,4,16-17H2,1-3H3. The molecule has 0 saturated heterocycles. The topological polar surface area (TPSA) is 84.1 Å². The molecular formula is C29H32N2O4. The number of carbonyl (C=O) groups is 1. The number of benzene rings is 2. The predicted molar refractivity (Wildman–Crippen MR) is 139 cm³/mol. The number of nitrogens with zero attached hydrogens (tertiary/aromatic N) is 2. The van der Waals surface area contributed by atoms with E-state index in [4.69, 9.17) is 9.84 Å². The van der Waals surface area contributed by atoms with Crippen LogP contribution in [0.2, 0.25) is 0 Å². The fourth-order valence-corrected chi connectivity index (χ4v) is 4.59. The van der Waals surface area contributed by atoms with E-state index in [1.165, 1.54) is 0 Å². The predicted octanol–water partition coefficient (Wildman–Crippen LogP) is 5.36. The molecule has 0 saturated carbocycles. The highest BCUT2D eigenvalue weighted by Gasteiger charge is 2.23. The fraction of sp³-hybridized carbons (Fsp3) is 0.310. The number of carbonyl (C=O) groups excluding carboxylic acids is 1. The fourth-order valence-electron chi connectivity index (χ4n) is 4.59. The van der Waals surface area contributed by atoms with Gasteiger partial charge in [0, 0.05) is 28.3 Å². The third-order valence-electron chi connectivity index (χ3n) is 6.07. The molecule has 0 aliphatic rings. The van der Waals surface area contributed by atoms with Gasteiger partial charge in [0.2, 0.25) is 0 Å². The molecule has 0 radical (unpaired) electrons. The summed E-state index contributed by atoms with van der Waals surface area (Å²) in [6.07, 6.45) is 3.49. The van der Waals surface area contributed by atoms with Crippen molar-refractivity contribution in [2.75, 3.05) is 6.61 Å². The lowest BCUT2D eigenvalue weighted by Gasteiger charge is -2.13. The van der Waals surface area contributed by atoms with Crippen LogP contribution in [0.3, 0.4) is 0 Å². The van der Waals surface area contributed by atoms with Crippen LogP contribution in [-0.2, 0) is 9.53 Å². The Bertz CT molecular complexity index is 1340. The molecule has 2 N–H and O–H groups in total. The van der Waals surface area contributed by atoms with Gasteiger partial charge in [-0.2, -0.15) is 5.10 Å². The van der Waals surface area contributed by atoms with Gasteiger partial charge in [-0.15, -0.1) is 0 Å².